The van der Waals surface area contributed by atoms with Crippen molar-refractivity contribution in [1.82, 2.24) is 10.6 Å². The van der Waals surface area contributed by atoms with E-state index in [9.17, 15) is 0 Å². The van der Waals surface area contributed by atoms with Crippen molar-refractivity contribution >= 4 is 0 Å². The molecule has 1 aromatic rings. The number of rotatable bonds is 4. The Kier molecular flexibility index (Phi) is 4.84. The van der Waals surface area contributed by atoms with Gasteiger partial charge in [0, 0.05) is 6.54 Å². The summed E-state index contributed by atoms with van der Waals surface area (Å²) < 4.78 is 0. The van der Waals surface area contributed by atoms with Crippen LogP contribution in [0.5, 0.6) is 0 Å². The summed E-state index contributed by atoms with van der Waals surface area (Å²) in [5, 5.41) is 7.16. The van der Waals surface area contributed by atoms with Crippen molar-refractivity contribution in [2.75, 3.05) is 13.1 Å². The summed E-state index contributed by atoms with van der Waals surface area (Å²) in [5.41, 5.74) is 1.42. The van der Waals surface area contributed by atoms with E-state index >= 15 is 0 Å². The Morgan fingerprint density at radius 1 is 1.12 bits per heavy atom. The van der Waals surface area contributed by atoms with E-state index in [1.807, 2.05) is 0 Å². The van der Waals surface area contributed by atoms with E-state index in [1.54, 1.807) is 0 Å². The zero-order valence-electron chi connectivity index (χ0n) is 9.91. The largest absolute Gasteiger partial charge is 0.302 e. The molecule has 1 saturated heterocycles. The van der Waals surface area contributed by atoms with Gasteiger partial charge < -0.3 is 10.6 Å². The molecule has 0 amide bonds. The van der Waals surface area contributed by atoms with Crippen LogP contribution in [0, 0.1) is 0 Å². The van der Waals surface area contributed by atoms with Gasteiger partial charge in [0.05, 0.1) is 6.17 Å². The van der Waals surface area contributed by atoms with Crippen LogP contribution < -0.4 is 10.6 Å². The highest BCUT2D eigenvalue weighted by molar-refractivity contribution is 5.14. The van der Waals surface area contributed by atoms with Gasteiger partial charge in [0.1, 0.15) is 0 Å². The Morgan fingerprint density at radius 3 is 2.88 bits per heavy atom. The fourth-order valence-corrected chi connectivity index (χ4v) is 2.24. The molecule has 1 atom stereocenters. The molecule has 0 saturated carbocycles. The maximum atomic E-state index is 3.60. The summed E-state index contributed by atoms with van der Waals surface area (Å²) >= 11 is 0. The van der Waals surface area contributed by atoms with E-state index < -0.39 is 0 Å². The molecule has 0 aromatic heterocycles. The van der Waals surface area contributed by atoms with Gasteiger partial charge in [-0.25, -0.2) is 0 Å². The molecule has 2 N–H and O–H groups in total. The van der Waals surface area contributed by atoms with Crippen molar-refractivity contribution in [3.05, 3.63) is 35.9 Å². The predicted octanol–water partition coefficient (Wildman–Crippen LogP) is 2.31. The molecule has 0 radical (unpaired) electrons. The normalized spacial score (nSPS) is 21.6. The zero-order valence-corrected chi connectivity index (χ0v) is 9.91. The molecular weight excluding hydrogens is 196 g/mol. The van der Waals surface area contributed by atoms with Crippen molar-refractivity contribution in [2.45, 2.75) is 38.3 Å². The topological polar surface area (TPSA) is 24.1 Å². The standard InChI is InChI=1S/C14H22N2/c1-3-7-13(8-4-1)10-12-16-14-9-5-2-6-11-15-14/h1,3-4,7-8,14-16H,2,5-6,9-12H2. The number of hydrogen-bond donors (Lipinski definition) is 2. The molecular formula is C14H22N2. The van der Waals surface area contributed by atoms with Gasteiger partial charge in [-0.1, -0.05) is 43.2 Å². The summed E-state index contributed by atoms with van der Waals surface area (Å²) in [6, 6.07) is 10.7. The Morgan fingerprint density at radius 2 is 2.00 bits per heavy atom. The lowest BCUT2D eigenvalue weighted by Crippen LogP contribution is -2.42. The van der Waals surface area contributed by atoms with E-state index in [1.165, 1.54) is 37.8 Å². The molecule has 2 nitrogen and oxygen atoms in total. The van der Waals surface area contributed by atoms with Crippen LogP contribution in [0.2, 0.25) is 0 Å². The molecule has 1 aliphatic heterocycles. The van der Waals surface area contributed by atoms with E-state index in [2.05, 4.69) is 41.0 Å². The highest BCUT2D eigenvalue weighted by atomic mass is 15.1. The summed E-state index contributed by atoms with van der Waals surface area (Å²) in [4.78, 5) is 0. The van der Waals surface area contributed by atoms with Gasteiger partial charge in [0.15, 0.2) is 0 Å². The molecule has 2 rings (SSSR count). The monoisotopic (exact) mass is 218 g/mol. The summed E-state index contributed by atoms with van der Waals surface area (Å²) in [7, 11) is 0. The molecule has 88 valence electrons. The SMILES string of the molecule is c1ccc(CCNC2CCCCCN2)cc1. The van der Waals surface area contributed by atoms with E-state index in [-0.39, 0.29) is 0 Å². The zero-order chi connectivity index (χ0) is 11.1. The van der Waals surface area contributed by atoms with Gasteiger partial charge in [-0.15, -0.1) is 0 Å². The summed E-state index contributed by atoms with van der Waals surface area (Å²) in [6.07, 6.45) is 7.00. The van der Waals surface area contributed by atoms with Crippen LogP contribution in [0.25, 0.3) is 0 Å². The molecule has 0 spiro atoms. The van der Waals surface area contributed by atoms with Crippen LogP contribution in [0.3, 0.4) is 0 Å². The van der Waals surface area contributed by atoms with Crippen LogP contribution in [0.1, 0.15) is 31.2 Å². The molecule has 1 unspecified atom stereocenters. The van der Waals surface area contributed by atoms with Crippen molar-refractivity contribution in [3.63, 3.8) is 0 Å². The quantitative estimate of drug-likeness (QED) is 0.810. The lowest BCUT2D eigenvalue weighted by Gasteiger charge is -2.17. The van der Waals surface area contributed by atoms with E-state index in [0.29, 0.717) is 6.17 Å². The van der Waals surface area contributed by atoms with Crippen molar-refractivity contribution in [2.24, 2.45) is 0 Å². The second kappa shape index (κ2) is 6.66. The van der Waals surface area contributed by atoms with Gasteiger partial charge in [0.2, 0.25) is 0 Å². The lowest BCUT2D eigenvalue weighted by molar-refractivity contribution is 0.422. The first-order valence-corrected chi connectivity index (χ1v) is 6.46. The third-order valence-electron chi connectivity index (χ3n) is 3.21. The first kappa shape index (κ1) is 11.6. The number of hydrogen-bond acceptors (Lipinski definition) is 2. The fourth-order valence-electron chi connectivity index (χ4n) is 2.24. The molecule has 1 aromatic carbocycles. The van der Waals surface area contributed by atoms with Crippen LogP contribution in [0.4, 0.5) is 0 Å². The smallest absolute Gasteiger partial charge is 0.0571 e. The predicted molar refractivity (Wildman–Crippen MR) is 68.4 cm³/mol. The summed E-state index contributed by atoms with van der Waals surface area (Å²) in [6.45, 7) is 2.24. The highest BCUT2D eigenvalue weighted by Gasteiger charge is 2.09. The molecule has 2 heteroatoms. The number of nitrogens with one attached hydrogen (secondary N) is 2. The molecule has 1 fully saturated rings. The van der Waals surface area contributed by atoms with Gasteiger partial charge >= 0.3 is 0 Å². The second-order valence-electron chi connectivity index (χ2n) is 4.55. The third-order valence-corrected chi connectivity index (χ3v) is 3.21. The van der Waals surface area contributed by atoms with Gasteiger partial charge in [-0.2, -0.15) is 0 Å². The molecule has 0 aliphatic carbocycles. The molecule has 16 heavy (non-hydrogen) atoms. The highest BCUT2D eigenvalue weighted by Crippen LogP contribution is 2.06. The fraction of sp³-hybridized carbons (Fsp3) is 0.571. The average molecular weight is 218 g/mol. The Bertz CT molecular complexity index is 276. The first-order chi connectivity index (χ1) is 7.95. The van der Waals surface area contributed by atoms with Crippen LogP contribution >= 0.6 is 0 Å². The first-order valence-electron chi connectivity index (χ1n) is 6.46. The Labute approximate surface area is 98.4 Å². The number of benzene rings is 1. The molecule has 1 aliphatic rings. The van der Waals surface area contributed by atoms with Gasteiger partial charge in [-0.05, 0) is 31.4 Å². The second-order valence-corrected chi connectivity index (χ2v) is 4.55. The third kappa shape index (κ3) is 3.95. The molecule has 1 heterocycles. The minimum absolute atomic E-state index is 0.534. The maximum absolute atomic E-state index is 3.60. The van der Waals surface area contributed by atoms with Crippen molar-refractivity contribution in [1.29, 1.82) is 0 Å². The van der Waals surface area contributed by atoms with Crippen LogP contribution in [-0.4, -0.2) is 19.3 Å². The van der Waals surface area contributed by atoms with Gasteiger partial charge in [-0.3, -0.25) is 0 Å². The van der Waals surface area contributed by atoms with Crippen LogP contribution in [0.15, 0.2) is 30.3 Å². The van der Waals surface area contributed by atoms with Crippen LogP contribution in [-0.2, 0) is 6.42 Å². The average Bonchev–Trinajstić information content (AvgIpc) is 2.59. The van der Waals surface area contributed by atoms with E-state index in [0.717, 1.165) is 13.0 Å². The Balaban J connectivity index is 1.67. The maximum Gasteiger partial charge on any atom is 0.0571 e. The minimum atomic E-state index is 0.534. The Hall–Kier alpha value is -0.860. The van der Waals surface area contributed by atoms with E-state index in [4.69, 9.17) is 0 Å². The van der Waals surface area contributed by atoms with Crippen molar-refractivity contribution in [3.8, 4) is 0 Å². The van der Waals surface area contributed by atoms with Crippen molar-refractivity contribution < 1.29 is 0 Å². The summed E-state index contributed by atoms with van der Waals surface area (Å²) in [5.74, 6) is 0. The molecule has 0 bridgehead atoms. The van der Waals surface area contributed by atoms with Gasteiger partial charge in [0.25, 0.3) is 0 Å². The lowest BCUT2D eigenvalue weighted by atomic mass is 10.1. The minimum Gasteiger partial charge on any atom is -0.302 e.